The van der Waals surface area contributed by atoms with Gasteiger partial charge in [-0.25, -0.2) is 9.59 Å². The molecule has 0 radical (unpaired) electrons. The fraction of sp³-hybridized carbons (Fsp3) is 0.423. The first-order chi connectivity index (χ1) is 16.7. The maximum Gasteiger partial charge on any atom is 0.407 e. The Bertz CT molecular complexity index is 1070. The van der Waals surface area contributed by atoms with E-state index >= 15 is 0 Å². The predicted octanol–water partition coefficient (Wildman–Crippen LogP) is 4.05. The van der Waals surface area contributed by atoms with Gasteiger partial charge in [-0.3, -0.25) is 9.63 Å². The minimum Gasteiger partial charge on any atom is -0.444 e. The second-order valence-corrected chi connectivity index (χ2v) is 9.77. The first kappa shape index (κ1) is 24.5. The number of fused-ring (bicyclic) bond motifs is 2. The molecule has 2 N–H and O–H groups in total. The van der Waals surface area contributed by atoms with Gasteiger partial charge in [0.05, 0.1) is 6.04 Å². The standard InChI is InChI=1S/C26H32N4O5/c1-26(2,3)35-24(32)27-15-19-11-7-8-12-21(19)28-23(31)22-14-13-20-16-29(22)25(33)30(20)34-17-18-9-5-4-6-10-18/h4-12,20,22H,13-17H2,1-3H3,(H,27,32)(H,28,31)/t20?,22-/m0/s1. The zero-order valence-corrected chi connectivity index (χ0v) is 20.3. The molecule has 2 aliphatic rings. The van der Waals surface area contributed by atoms with Crippen LogP contribution < -0.4 is 10.6 Å². The van der Waals surface area contributed by atoms with E-state index in [-0.39, 0.29) is 24.5 Å². The van der Waals surface area contributed by atoms with E-state index in [4.69, 9.17) is 9.57 Å². The van der Waals surface area contributed by atoms with Crippen LogP contribution in [0.3, 0.4) is 0 Å². The van der Waals surface area contributed by atoms with Gasteiger partial charge in [0.2, 0.25) is 5.91 Å². The second-order valence-electron chi connectivity index (χ2n) is 9.77. The molecule has 0 saturated carbocycles. The largest absolute Gasteiger partial charge is 0.444 e. The van der Waals surface area contributed by atoms with Gasteiger partial charge in [0.15, 0.2) is 0 Å². The van der Waals surface area contributed by atoms with Crippen molar-refractivity contribution in [3.05, 3.63) is 65.7 Å². The molecule has 2 heterocycles. The molecule has 9 heteroatoms. The molecule has 0 aliphatic carbocycles. The number of nitrogens with one attached hydrogen (secondary N) is 2. The SMILES string of the molecule is CC(C)(C)OC(=O)NCc1ccccc1NC(=O)[C@@H]1CCC2CN1C(=O)N2OCc1ccccc1. The van der Waals surface area contributed by atoms with Crippen molar-refractivity contribution in [1.29, 1.82) is 0 Å². The maximum absolute atomic E-state index is 13.2. The summed E-state index contributed by atoms with van der Waals surface area (Å²) < 4.78 is 5.28. The minimum absolute atomic E-state index is 0.0689. The Labute approximate surface area is 205 Å². The molecule has 2 fully saturated rings. The van der Waals surface area contributed by atoms with Crippen molar-refractivity contribution in [3.63, 3.8) is 0 Å². The van der Waals surface area contributed by atoms with E-state index in [2.05, 4.69) is 10.6 Å². The lowest BCUT2D eigenvalue weighted by atomic mass is 10.00. The van der Waals surface area contributed by atoms with Crippen LogP contribution in [-0.4, -0.2) is 52.2 Å². The van der Waals surface area contributed by atoms with Crippen LogP contribution in [0.1, 0.15) is 44.7 Å². The number of carbonyl (C=O) groups excluding carboxylic acids is 3. The Balaban J connectivity index is 1.36. The number of amides is 4. The Morgan fingerprint density at radius 3 is 2.49 bits per heavy atom. The second kappa shape index (κ2) is 10.4. The van der Waals surface area contributed by atoms with E-state index in [9.17, 15) is 14.4 Å². The highest BCUT2D eigenvalue weighted by Crippen LogP contribution is 2.31. The Morgan fingerprint density at radius 1 is 1.03 bits per heavy atom. The lowest BCUT2D eigenvalue weighted by Crippen LogP contribution is -2.47. The number of carbonyl (C=O) groups is 3. The van der Waals surface area contributed by atoms with E-state index in [1.807, 2.05) is 48.5 Å². The number of hydrogen-bond donors (Lipinski definition) is 2. The van der Waals surface area contributed by atoms with Crippen LogP contribution in [0.5, 0.6) is 0 Å². The zero-order valence-electron chi connectivity index (χ0n) is 20.3. The van der Waals surface area contributed by atoms with E-state index in [1.54, 1.807) is 31.7 Å². The number of ether oxygens (including phenoxy) is 1. The van der Waals surface area contributed by atoms with Crippen LogP contribution in [0.2, 0.25) is 0 Å². The summed E-state index contributed by atoms with van der Waals surface area (Å²) in [6.45, 7) is 6.33. The highest BCUT2D eigenvalue weighted by Gasteiger charge is 2.48. The molecule has 4 rings (SSSR count). The third kappa shape index (κ3) is 6.10. The quantitative estimate of drug-likeness (QED) is 0.623. The molecule has 2 aromatic carbocycles. The Kier molecular flexibility index (Phi) is 7.25. The highest BCUT2D eigenvalue weighted by atomic mass is 16.7. The van der Waals surface area contributed by atoms with Crippen LogP contribution in [0.25, 0.3) is 0 Å². The summed E-state index contributed by atoms with van der Waals surface area (Å²) in [5.74, 6) is -0.258. The molecule has 0 spiro atoms. The number of piperidine rings is 1. The van der Waals surface area contributed by atoms with Gasteiger partial charge in [-0.1, -0.05) is 48.5 Å². The van der Waals surface area contributed by atoms with Crippen molar-refractivity contribution in [2.24, 2.45) is 0 Å². The van der Waals surface area contributed by atoms with Crippen molar-refractivity contribution in [2.75, 3.05) is 11.9 Å². The number of hydrogen-bond acceptors (Lipinski definition) is 5. The number of para-hydroxylation sites is 1. The first-order valence-electron chi connectivity index (χ1n) is 11.8. The molecule has 2 aromatic rings. The number of rotatable bonds is 7. The number of urea groups is 1. The minimum atomic E-state index is -0.600. The van der Waals surface area contributed by atoms with Crippen molar-refractivity contribution >= 4 is 23.7 Å². The summed E-state index contributed by atoms with van der Waals surface area (Å²) in [5, 5.41) is 7.08. The summed E-state index contributed by atoms with van der Waals surface area (Å²) in [6, 6.07) is 16.0. The van der Waals surface area contributed by atoms with Crippen LogP contribution in [0, 0.1) is 0 Å². The van der Waals surface area contributed by atoms with Gasteiger partial charge in [-0.05, 0) is 50.8 Å². The van der Waals surface area contributed by atoms with Gasteiger partial charge in [-0.2, -0.15) is 5.06 Å². The number of hydroxylamine groups is 2. The molecular weight excluding hydrogens is 448 g/mol. The van der Waals surface area contributed by atoms with Gasteiger partial charge in [0, 0.05) is 18.8 Å². The van der Waals surface area contributed by atoms with Crippen LogP contribution >= 0.6 is 0 Å². The van der Waals surface area contributed by atoms with Crippen molar-refractivity contribution in [2.45, 2.75) is 64.4 Å². The smallest absolute Gasteiger partial charge is 0.407 e. The molecule has 2 bridgehead atoms. The number of alkyl carbamates (subject to hydrolysis) is 1. The van der Waals surface area contributed by atoms with Crippen LogP contribution in [0.15, 0.2) is 54.6 Å². The van der Waals surface area contributed by atoms with E-state index in [1.165, 1.54) is 5.06 Å². The predicted molar refractivity (Wildman–Crippen MR) is 130 cm³/mol. The summed E-state index contributed by atoms with van der Waals surface area (Å²) in [7, 11) is 0. The summed E-state index contributed by atoms with van der Waals surface area (Å²) in [4.78, 5) is 45.6. The fourth-order valence-electron chi connectivity index (χ4n) is 4.28. The summed E-state index contributed by atoms with van der Waals surface area (Å²) in [5.41, 5.74) is 1.69. The normalized spacial score (nSPS) is 19.5. The first-order valence-corrected chi connectivity index (χ1v) is 11.8. The van der Waals surface area contributed by atoms with Crippen LogP contribution in [0.4, 0.5) is 15.3 Å². The molecular formula is C26H32N4O5. The summed E-state index contributed by atoms with van der Waals surface area (Å²) >= 11 is 0. The zero-order chi connectivity index (χ0) is 25.0. The lowest BCUT2D eigenvalue weighted by Gasteiger charge is -2.29. The fourth-order valence-corrected chi connectivity index (χ4v) is 4.28. The van der Waals surface area contributed by atoms with Gasteiger partial charge < -0.3 is 20.3 Å². The third-order valence-corrected chi connectivity index (χ3v) is 5.94. The number of nitrogens with zero attached hydrogens (tertiary/aromatic N) is 2. The molecule has 0 aromatic heterocycles. The van der Waals surface area contributed by atoms with E-state index in [0.717, 1.165) is 11.1 Å². The molecule has 2 aliphatic heterocycles. The molecule has 9 nitrogen and oxygen atoms in total. The lowest BCUT2D eigenvalue weighted by molar-refractivity contribution is -0.140. The molecule has 186 valence electrons. The molecule has 2 atom stereocenters. The molecule has 35 heavy (non-hydrogen) atoms. The molecule has 4 amide bonds. The van der Waals surface area contributed by atoms with Gasteiger partial charge in [0.25, 0.3) is 0 Å². The molecule has 1 unspecified atom stereocenters. The van der Waals surface area contributed by atoms with Gasteiger partial charge in [0.1, 0.15) is 18.2 Å². The maximum atomic E-state index is 13.2. The average Bonchev–Trinajstić information content (AvgIpc) is 3.06. The highest BCUT2D eigenvalue weighted by molar-refractivity contribution is 5.98. The summed E-state index contributed by atoms with van der Waals surface area (Å²) in [6.07, 6.45) is 0.693. The third-order valence-electron chi connectivity index (χ3n) is 5.94. The average molecular weight is 481 g/mol. The Morgan fingerprint density at radius 2 is 1.74 bits per heavy atom. The van der Waals surface area contributed by atoms with Gasteiger partial charge >= 0.3 is 12.1 Å². The molecule has 2 saturated heterocycles. The van der Waals surface area contributed by atoms with Crippen LogP contribution in [-0.2, 0) is 27.5 Å². The van der Waals surface area contributed by atoms with E-state index in [0.29, 0.717) is 31.7 Å². The van der Waals surface area contributed by atoms with Crippen molar-refractivity contribution in [1.82, 2.24) is 15.3 Å². The van der Waals surface area contributed by atoms with Gasteiger partial charge in [-0.15, -0.1) is 0 Å². The number of benzene rings is 2. The van der Waals surface area contributed by atoms with Crippen molar-refractivity contribution in [3.8, 4) is 0 Å². The number of anilines is 1. The van der Waals surface area contributed by atoms with Crippen molar-refractivity contribution < 1.29 is 24.0 Å². The van der Waals surface area contributed by atoms with E-state index < -0.39 is 17.7 Å². The Hall–Kier alpha value is -3.59. The topological polar surface area (TPSA) is 100 Å². The monoisotopic (exact) mass is 480 g/mol.